The molecule has 0 spiro atoms. The summed E-state index contributed by atoms with van der Waals surface area (Å²) in [6, 6.07) is 21.8. The molecule has 1 fully saturated rings. The van der Waals surface area contributed by atoms with Crippen LogP contribution in [0.4, 0.5) is 10.1 Å². The van der Waals surface area contributed by atoms with Gasteiger partial charge in [0.2, 0.25) is 5.91 Å². The Morgan fingerprint density at radius 3 is 2.63 bits per heavy atom. The lowest BCUT2D eigenvalue weighted by atomic mass is 10.1. The topological polar surface area (TPSA) is 38.1 Å². The Labute approximate surface area is 178 Å². The van der Waals surface area contributed by atoms with Gasteiger partial charge < -0.3 is 9.47 Å². The molecule has 30 heavy (non-hydrogen) atoms. The van der Waals surface area contributed by atoms with Gasteiger partial charge in [0.05, 0.1) is 11.0 Å². The number of imidazole rings is 1. The molecule has 1 unspecified atom stereocenters. The van der Waals surface area contributed by atoms with Gasteiger partial charge in [-0.05, 0) is 54.1 Å². The molecule has 6 heteroatoms. The number of carbonyl (C=O) groups excluding carboxylic acids is 1. The van der Waals surface area contributed by atoms with E-state index in [0.29, 0.717) is 30.2 Å². The summed E-state index contributed by atoms with van der Waals surface area (Å²) in [6.07, 6.45) is 0.371. The van der Waals surface area contributed by atoms with Gasteiger partial charge in [-0.25, -0.2) is 9.37 Å². The Morgan fingerprint density at radius 2 is 1.83 bits per heavy atom. The Kier molecular flexibility index (Phi) is 4.75. The fourth-order valence-electron chi connectivity index (χ4n) is 4.14. The molecule has 1 atom stereocenters. The maximum Gasteiger partial charge on any atom is 0.227 e. The number of para-hydroxylation sites is 2. The third-order valence-corrected chi connectivity index (χ3v) is 5.78. The summed E-state index contributed by atoms with van der Waals surface area (Å²) in [6.45, 7) is 1.14. The van der Waals surface area contributed by atoms with E-state index in [4.69, 9.17) is 16.6 Å². The Balaban J connectivity index is 1.52. The molecule has 150 valence electrons. The van der Waals surface area contributed by atoms with E-state index < -0.39 is 0 Å². The predicted molar refractivity (Wildman–Crippen MR) is 116 cm³/mol. The first kappa shape index (κ1) is 18.8. The fourth-order valence-corrected chi connectivity index (χ4v) is 4.35. The van der Waals surface area contributed by atoms with Crippen molar-refractivity contribution in [2.75, 3.05) is 11.4 Å². The molecule has 1 aromatic heterocycles. The third kappa shape index (κ3) is 3.46. The molecule has 1 saturated heterocycles. The summed E-state index contributed by atoms with van der Waals surface area (Å²) >= 11 is 6.18. The summed E-state index contributed by atoms with van der Waals surface area (Å²) in [5.41, 5.74) is 3.72. The highest BCUT2D eigenvalue weighted by molar-refractivity contribution is 6.30. The zero-order chi connectivity index (χ0) is 20.7. The van der Waals surface area contributed by atoms with Gasteiger partial charge in [-0.15, -0.1) is 0 Å². The number of aromatic nitrogens is 2. The van der Waals surface area contributed by atoms with Crippen LogP contribution in [-0.4, -0.2) is 22.0 Å². The number of amides is 1. The van der Waals surface area contributed by atoms with E-state index in [0.717, 1.165) is 22.4 Å². The smallest absolute Gasteiger partial charge is 0.227 e. The number of hydrogen-bond donors (Lipinski definition) is 0. The van der Waals surface area contributed by atoms with Gasteiger partial charge in [0.25, 0.3) is 0 Å². The Bertz CT molecular complexity index is 1230. The molecule has 5 rings (SSSR count). The van der Waals surface area contributed by atoms with Crippen LogP contribution in [0.5, 0.6) is 0 Å². The Morgan fingerprint density at radius 1 is 1.03 bits per heavy atom. The van der Waals surface area contributed by atoms with Gasteiger partial charge in [-0.1, -0.05) is 35.9 Å². The minimum atomic E-state index is -0.315. The fraction of sp³-hybridized carbons (Fsp3) is 0.167. The lowest BCUT2D eigenvalue weighted by molar-refractivity contribution is -0.117. The normalized spacial score (nSPS) is 16.5. The van der Waals surface area contributed by atoms with Crippen LogP contribution in [-0.2, 0) is 11.3 Å². The predicted octanol–water partition coefficient (Wildman–Crippen LogP) is 5.40. The maximum absolute atomic E-state index is 13.3. The molecule has 0 bridgehead atoms. The molecule has 2 heterocycles. The number of halogens is 2. The van der Waals surface area contributed by atoms with Crippen LogP contribution in [0.15, 0.2) is 72.8 Å². The first-order chi connectivity index (χ1) is 14.6. The maximum atomic E-state index is 13.3. The summed E-state index contributed by atoms with van der Waals surface area (Å²) < 4.78 is 15.5. The van der Waals surface area contributed by atoms with Gasteiger partial charge in [0.1, 0.15) is 11.6 Å². The second kappa shape index (κ2) is 7.58. The van der Waals surface area contributed by atoms with E-state index in [1.54, 1.807) is 17.0 Å². The van der Waals surface area contributed by atoms with Crippen LogP contribution in [0, 0.1) is 5.82 Å². The number of fused-ring (bicyclic) bond motifs is 1. The van der Waals surface area contributed by atoms with E-state index in [-0.39, 0.29) is 17.6 Å². The van der Waals surface area contributed by atoms with Crippen molar-refractivity contribution < 1.29 is 9.18 Å². The van der Waals surface area contributed by atoms with Gasteiger partial charge in [-0.3, -0.25) is 4.79 Å². The van der Waals surface area contributed by atoms with Crippen molar-refractivity contribution in [3.63, 3.8) is 0 Å². The van der Waals surface area contributed by atoms with E-state index in [2.05, 4.69) is 4.57 Å². The SMILES string of the molecule is O=C1CC(c2nc3ccccc3n2Cc2cccc(Cl)c2)CN1c1ccc(F)cc1. The molecule has 1 aliphatic rings. The highest BCUT2D eigenvalue weighted by atomic mass is 35.5. The van der Waals surface area contributed by atoms with Crippen LogP contribution >= 0.6 is 11.6 Å². The molecule has 1 aliphatic heterocycles. The summed E-state index contributed by atoms with van der Waals surface area (Å²) in [5.74, 6) is 0.543. The van der Waals surface area contributed by atoms with E-state index in [9.17, 15) is 9.18 Å². The van der Waals surface area contributed by atoms with Crippen LogP contribution in [0.25, 0.3) is 11.0 Å². The zero-order valence-electron chi connectivity index (χ0n) is 16.1. The van der Waals surface area contributed by atoms with Gasteiger partial charge in [0, 0.05) is 36.1 Å². The zero-order valence-corrected chi connectivity index (χ0v) is 16.9. The third-order valence-electron chi connectivity index (χ3n) is 5.54. The highest BCUT2D eigenvalue weighted by Gasteiger charge is 2.34. The average Bonchev–Trinajstić information content (AvgIpc) is 3.30. The van der Waals surface area contributed by atoms with E-state index in [1.165, 1.54) is 12.1 Å². The van der Waals surface area contributed by atoms with Crippen molar-refractivity contribution in [1.82, 2.24) is 9.55 Å². The molecule has 4 nitrogen and oxygen atoms in total. The second-order valence-electron chi connectivity index (χ2n) is 7.56. The van der Waals surface area contributed by atoms with Gasteiger partial charge >= 0.3 is 0 Å². The monoisotopic (exact) mass is 419 g/mol. The molecule has 0 aliphatic carbocycles. The number of nitrogens with zero attached hydrogens (tertiary/aromatic N) is 3. The number of hydrogen-bond acceptors (Lipinski definition) is 2. The van der Waals surface area contributed by atoms with Crippen molar-refractivity contribution in [2.45, 2.75) is 18.9 Å². The first-order valence-electron chi connectivity index (χ1n) is 9.84. The second-order valence-corrected chi connectivity index (χ2v) is 7.99. The lowest BCUT2D eigenvalue weighted by Gasteiger charge is -2.17. The van der Waals surface area contributed by atoms with E-state index >= 15 is 0 Å². The molecule has 0 N–H and O–H groups in total. The first-order valence-corrected chi connectivity index (χ1v) is 10.2. The van der Waals surface area contributed by atoms with Crippen molar-refractivity contribution >= 4 is 34.2 Å². The van der Waals surface area contributed by atoms with Gasteiger partial charge in [-0.2, -0.15) is 0 Å². The molecule has 1 amide bonds. The summed E-state index contributed by atoms with van der Waals surface area (Å²) in [7, 11) is 0. The Hall–Kier alpha value is -3.18. The molecular weight excluding hydrogens is 401 g/mol. The van der Waals surface area contributed by atoms with Gasteiger partial charge in [0.15, 0.2) is 0 Å². The standard InChI is InChI=1S/C24H19ClFN3O/c25-18-5-3-4-16(12-18)14-29-22-7-2-1-6-21(22)27-24(29)17-13-23(30)28(15-17)20-10-8-19(26)9-11-20/h1-12,17H,13-15H2. The van der Waals surface area contributed by atoms with Crippen LogP contribution < -0.4 is 4.90 Å². The van der Waals surface area contributed by atoms with Crippen LogP contribution in [0.3, 0.4) is 0 Å². The largest absolute Gasteiger partial charge is 0.323 e. The quantitative estimate of drug-likeness (QED) is 0.444. The van der Waals surface area contributed by atoms with Crippen molar-refractivity contribution in [3.05, 3.63) is 95.0 Å². The van der Waals surface area contributed by atoms with Crippen molar-refractivity contribution in [3.8, 4) is 0 Å². The molecule has 0 radical (unpaired) electrons. The minimum Gasteiger partial charge on any atom is -0.323 e. The summed E-state index contributed by atoms with van der Waals surface area (Å²) in [4.78, 5) is 19.3. The van der Waals surface area contributed by atoms with Crippen LogP contribution in [0.2, 0.25) is 5.02 Å². The number of anilines is 1. The molecule has 0 saturated carbocycles. The molecule has 4 aromatic rings. The number of benzene rings is 3. The number of carbonyl (C=O) groups is 1. The average molecular weight is 420 g/mol. The number of rotatable bonds is 4. The summed E-state index contributed by atoms with van der Waals surface area (Å²) in [5, 5.41) is 0.692. The van der Waals surface area contributed by atoms with E-state index in [1.807, 2.05) is 48.5 Å². The molecular formula is C24H19ClFN3O. The molecule has 3 aromatic carbocycles. The minimum absolute atomic E-state index is 0.0213. The van der Waals surface area contributed by atoms with Crippen LogP contribution in [0.1, 0.15) is 23.7 Å². The lowest BCUT2D eigenvalue weighted by Crippen LogP contribution is -2.24. The van der Waals surface area contributed by atoms with Crippen molar-refractivity contribution in [2.24, 2.45) is 0 Å². The van der Waals surface area contributed by atoms with Crippen molar-refractivity contribution in [1.29, 1.82) is 0 Å². The highest BCUT2D eigenvalue weighted by Crippen LogP contribution is 2.33.